The normalized spacial score (nSPS) is 14.7. The molecule has 2 aromatic carbocycles. The summed E-state index contributed by atoms with van der Waals surface area (Å²) in [6, 6.07) is 9.66. The summed E-state index contributed by atoms with van der Waals surface area (Å²) in [5.74, 6) is 0.0700. The van der Waals surface area contributed by atoms with Crippen LogP contribution in [-0.2, 0) is 16.4 Å². The fourth-order valence-electron chi connectivity index (χ4n) is 3.91. The van der Waals surface area contributed by atoms with E-state index in [2.05, 4.69) is 10.0 Å². The van der Waals surface area contributed by atoms with Gasteiger partial charge in [0.1, 0.15) is 0 Å². The van der Waals surface area contributed by atoms with E-state index < -0.39 is 16.0 Å². The van der Waals surface area contributed by atoms with Crippen molar-refractivity contribution in [1.29, 1.82) is 0 Å². The number of carboxylic acid groups (broad SMARTS) is 1. The Morgan fingerprint density at radius 3 is 2.41 bits per heavy atom. The molecule has 174 valence electrons. The molecule has 1 fully saturated rings. The van der Waals surface area contributed by atoms with Gasteiger partial charge in [-0.15, -0.1) is 0 Å². The predicted octanol–water partition coefficient (Wildman–Crippen LogP) is 3.67. The first kappa shape index (κ1) is 23.9. The summed E-state index contributed by atoms with van der Waals surface area (Å²) in [6.07, 6.45) is 5.34. The van der Waals surface area contributed by atoms with Crippen LogP contribution in [0.4, 0.5) is 5.69 Å². The number of anilines is 1. The zero-order valence-corrected chi connectivity index (χ0v) is 19.2. The van der Waals surface area contributed by atoms with Crippen LogP contribution < -0.4 is 19.5 Å². The van der Waals surface area contributed by atoms with Crippen molar-refractivity contribution < 1.29 is 27.8 Å². The molecule has 0 saturated heterocycles. The minimum Gasteiger partial charge on any atom is -0.493 e. The molecule has 0 bridgehead atoms. The third kappa shape index (κ3) is 5.92. The molecular weight excluding hydrogens is 432 g/mol. The van der Waals surface area contributed by atoms with Crippen LogP contribution in [0.25, 0.3) is 0 Å². The van der Waals surface area contributed by atoms with Crippen molar-refractivity contribution >= 4 is 21.7 Å². The SMILES string of the molecule is COc1ccc(CCNc2ccc(S(=O)(=O)NC3CCCCC3)cc2C(=O)O)cc1OC. The molecule has 2 aromatic rings. The highest BCUT2D eigenvalue weighted by Gasteiger charge is 2.23. The maximum Gasteiger partial charge on any atom is 0.337 e. The van der Waals surface area contributed by atoms with Crippen molar-refractivity contribution in [3.8, 4) is 11.5 Å². The van der Waals surface area contributed by atoms with Gasteiger partial charge in [-0.25, -0.2) is 17.9 Å². The zero-order chi connectivity index (χ0) is 23.1. The maximum atomic E-state index is 12.8. The Balaban J connectivity index is 1.70. The molecule has 0 amide bonds. The molecule has 0 aliphatic heterocycles. The molecule has 3 rings (SSSR count). The number of benzene rings is 2. The van der Waals surface area contributed by atoms with Crippen LogP contribution in [-0.4, -0.2) is 46.3 Å². The highest BCUT2D eigenvalue weighted by Crippen LogP contribution is 2.28. The minimum absolute atomic E-state index is 0.0362. The molecule has 0 radical (unpaired) electrons. The smallest absolute Gasteiger partial charge is 0.337 e. The van der Waals surface area contributed by atoms with E-state index in [1.807, 2.05) is 18.2 Å². The van der Waals surface area contributed by atoms with Crippen molar-refractivity contribution in [2.75, 3.05) is 26.1 Å². The second-order valence-corrected chi connectivity index (χ2v) is 9.55. The molecule has 0 aromatic heterocycles. The topological polar surface area (TPSA) is 114 Å². The summed E-state index contributed by atoms with van der Waals surface area (Å²) in [4.78, 5) is 11.8. The quantitative estimate of drug-likeness (QED) is 0.494. The average molecular weight is 463 g/mol. The van der Waals surface area contributed by atoms with Gasteiger partial charge in [0.25, 0.3) is 0 Å². The number of hydrogen-bond donors (Lipinski definition) is 3. The Bertz CT molecular complexity index is 1050. The van der Waals surface area contributed by atoms with Gasteiger partial charge in [-0.1, -0.05) is 25.3 Å². The molecule has 1 saturated carbocycles. The second-order valence-electron chi connectivity index (χ2n) is 7.83. The van der Waals surface area contributed by atoms with Crippen LogP contribution in [0.5, 0.6) is 11.5 Å². The Labute approximate surface area is 189 Å². The molecule has 0 atom stereocenters. The molecule has 0 spiro atoms. The molecule has 32 heavy (non-hydrogen) atoms. The Morgan fingerprint density at radius 1 is 1.03 bits per heavy atom. The van der Waals surface area contributed by atoms with Crippen LogP contribution >= 0.6 is 0 Å². The van der Waals surface area contributed by atoms with Crippen LogP contribution in [0.3, 0.4) is 0 Å². The molecule has 0 unspecified atom stereocenters. The molecular formula is C23H30N2O6S. The van der Waals surface area contributed by atoms with Gasteiger partial charge in [-0.2, -0.15) is 0 Å². The van der Waals surface area contributed by atoms with Crippen LogP contribution in [0.2, 0.25) is 0 Å². The average Bonchev–Trinajstić information content (AvgIpc) is 2.79. The van der Waals surface area contributed by atoms with Crippen molar-refractivity contribution in [3.05, 3.63) is 47.5 Å². The second kappa shape index (κ2) is 10.7. The third-order valence-electron chi connectivity index (χ3n) is 5.64. The minimum atomic E-state index is -3.78. The van der Waals surface area contributed by atoms with Gasteiger partial charge in [0.2, 0.25) is 10.0 Å². The number of sulfonamides is 1. The highest BCUT2D eigenvalue weighted by molar-refractivity contribution is 7.89. The first-order chi connectivity index (χ1) is 15.3. The summed E-state index contributed by atoms with van der Waals surface area (Å²) >= 11 is 0. The van der Waals surface area contributed by atoms with Crippen molar-refractivity contribution in [2.24, 2.45) is 0 Å². The lowest BCUT2D eigenvalue weighted by Gasteiger charge is -2.22. The summed E-state index contributed by atoms with van der Waals surface area (Å²) < 4.78 is 38.8. The number of carbonyl (C=O) groups is 1. The van der Waals surface area contributed by atoms with E-state index in [0.29, 0.717) is 30.2 Å². The Morgan fingerprint density at radius 2 is 1.75 bits per heavy atom. The molecule has 3 N–H and O–H groups in total. The predicted molar refractivity (Wildman–Crippen MR) is 122 cm³/mol. The molecule has 1 aliphatic carbocycles. The zero-order valence-electron chi connectivity index (χ0n) is 18.4. The van der Waals surface area contributed by atoms with E-state index in [9.17, 15) is 18.3 Å². The standard InChI is InChI=1S/C23H30N2O6S/c1-30-21-11-8-16(14-22(21)31-2)12-13-24-20-10-9-18(15-19(20)23(26)27)32(28,29)25-17-6-4-3-5-7-17/h8-11,14-15,17,24-25H,3-7,12-13H2,1-2H3,(H,26,27). The van der Waals surface area contributed by atoms with Gasteiger partial charge in [-0.05, 0) is 55.2 Å². The van der Waals surface area contributed by atoms with Gasteiger partial charge in [0.05, 0.1) is 24.7 Å². The largest absolute Gasteiger partial charge is 0.493 e. The van der Waals surface area contributed by atoms with Gasteiger partial charge >= 0.3 is 5.97 Å². The van der Waals surface area contributed by atoms with E-state index in [4.69, 9.17) is 9.47 Å². The number of hydrogen-bond acceptors (Lipinski definition) is 6. The first-order valence-corrected chi connectivity index (χ1v) is 12.2. The summed E-state index contributed by atoms with van der Waals surface area (Å²) in [7, 11) is -0.640. The van der Waals surface area contributed by atoms with Gasteiger partial charge < -0.3 is 19.9 Å². The lowest BCUT2D eigenvalue weighted by Crippen LogP contribution is -2.36. The van der Waals surface area contributed by atoms with Crippen LogP contribution in [0.1, 0.15) is 48.0 Å². The maximum absolute atomic E-state index is 12.8. The van der Waals surface area contributed by atoms with E-state index in [0.717, 1.165) is 37.7 Å². The number of ether oxygens (including phenoxy) is 2. The number of rotatable bonds is 10. The molecule has 8 nitrogen and oxygen atoms in total. The monoisotopic (exact) mass is 462 g/mol. The summed E-state index contributed by atoms with van der Waals surface area (Å²) in [5.41, 5.74) is 1.28. The molecule has 1 aliphatic rings. The Hall–Kier alpha value is -2.78. The van der Waals surface area contributed by atoms with Gasteiger partial charge in [-0.3, -0.25) is 0 Å². The van der Waals surface area contributed by atoms with Crippen LogP contribution in [0.15, 0.2) is 41.3 Å². The number of nitrogens with one attached hydrogen (secondary N) is 2. The van der Waals surface area contributed by atoms with Crippen molar-refractivity contribution in [3.63, 3.8) is 0 Å². The summed E-state index contributed by atoms with van der Waals surface area (Å²) in [5, 5.41) is 12.7. The van der Waals surface area contributed by atoms with E-state index in [1.165, 1.54) is 18.2 Å². The van der Waals surface area contributed by atoms with Crippen LogP contribution in [0, 0.1) is 0 Å². The fraction of sp³-hybridized carbons (Fsp3) is 0.435. The van der Waals surface area contributed by atoms with E-state index in [1.54, 1.807) is 14.2 Å². The lowest BCUT2D eigenvalue weighted by molar-refractivity contribution is 0.0697. The number of carboxylic acids is 1. The number of methoxy groups -OCH3 is 2. The number of aromatic carboxylic acids is 1. The first-order valence-electron chi connectivity index (χ1n) is 10.7. The lowest BCUT2D eigenvalue weighted by atomic mass is 9.96. The third-order valence-corrected chi connectivity index (χ3v) is 7.15. The van der Waals surface area contributed by atoms with Gasteiger partial charge in [0.15, 0.2) is 11.5 Å². The van der Waals surface area contributed by atoms with E-state index in [-0.39, 0.29) is 16.5 Å². The highest BCUT2D eigenvalue weighted by atomic mass is 32.2. The molecule has 9 heteroatoms. The van der Waals surface area contributed by atoms with Crippen molar-refractivity contribution in [2.45, 2.75) is 49.5 Å². The fourth-order valence-corrected chi connectivity index (χ4v) is 5.24. The summed E-state index contributed by atoms with van der Waals surface area (Å²) in [6.45, 7) is 0.460. The van der Waals surface area contributed by atoms with E-state index >= 15 is 0 Å². The Kier molecular flexibility index (Phi) is 7.98. The molecule has 0 heterocycles. The van der Waals surface area contributed by atoms with Crippen molar-refractivity contribution in [1.82, 2.24) is 4.72 Å². The van der Waals surface area contributed by atoms with Gasteiger partial charge in [0, 0.05) is 18.3 Å².